The molecule has 0 N–H and O–H groups in total. The van der Waals surface area contributed by atoms with E-state index in [9.17, 15) is 4.79 Å². The summed E-state index contributed by atoms with van der Waals surface area (Å²) in [6.07, 6.45) is 1.87. The van der Waals surface area contributed by atoms with Gasteiger partial charge in [-0.3, -0.25) is 4.79 Å². The molecular weight excluding hydrogens is 240 g/mol. The Balaban J connectivity index is 2.92. The quantitative estimate of drug-likeness (QED) is 0.700. The lowest BCUT2D eigenvalue weighted by molar-refractivity contribution is -0.145. The van der Waals surface area contributed by atoms with Crippen molar-refractivity contribution in [3.8, 4) is 5.75 Å². The van der Waals surface area contributed by atoms with Gasteiger partial charge in [0.1, 0.15) is 5.75 Å². The van der Waals surface area contributed by atoms with E-state index >= 15 is 0 Å². The third-order valence-electron chi connectivity index (χ3n) is 2.78. The molecule has 1 aromatic rings. The first-order chi connectivity index (χ1) is 9.08. The van der Waals surface area contributed by atoms with Gasteiger partial charge < -0.3 is 9.47 Å². The van der Waals surface area contributed by atoms with Crippen LogP contribution in [0.2, 0.25) is 0 Å². The number of ether oxygens (including phenoxy) is 2. The van der Waals surface area contributed by atoms with Gasteiger partial charge in [0.2, 0.25) is 0 Å². The summed E-state index contributed by atoms with van der Waals surface area (Å²) in [4.78, 5) is 12.0. The van der Waals surface area contributed by atoms with Gasteiger partial charge in [0.25, 0.3) is 0 Å². The zero-order valence-corrected chi connectivity index (χ0v) is 12.3. The third-order valence-corrected chi connectivity index (χ3v) is 2.78. The average molecular weight is 264 g/mol. The molecule has 1 unspecified atom stereocenters. The Morgan fingerprint density at radius 2 is 2.00 bits per heavy atom. The first-order valence-corrected chi connectivity index (χ1v) is 7.01. The number of carbonyl (C=O) groups is 1. The van der Waals surface area contributed by atoms with E-state index in [-0.39, 0.29) is 18.0 Å². The van der Waals surface area contributed by atoms with Crippen LogP contribution in [0.3, 0.4) is 0 Å². The smallest absolute Gasteiger partial charge is 0.313 e. The van der Waals surface area contributed by atoms with E-state index in [1.165, 1.54) is 0 Å². The molecule has 0 amide bonds. The van der Waals surface area contributed by atoms with Gasteiger partial charge in [-0.15, -0.1) is 0 Å². The Morgan fingerprint density at radius 3 is 2.58 bits per heavy atom. The molecule has 0 aliphatic heterocycles. The van der Waals surface area contributed by atoms with Crippen molar-refractivity contribution >= 4 is 5.97 Å². The Labute approximate surface area is 115 Å². The molecule has 3 nitrogen and oxygen atoms in total. The van der Waals surface area contributed by atoms with Crippen LogP contribution in [-0.4, -0.2) is 18.7 Å². The highest BCUT2D eigenvalue weighted by atomic mass is 16.5. The van der Waals surface area contributed by atoms with E-state index in [2.05, 4.69) is 6.92 Å². The first-order valence-electron chi connectivity index (χ1n) is 7.01. The number of hydrogen-bond donors (Lipinski definition) is 0. The van der Waals surface area contributed by atoms with Crippen LogP contribution in [0, 0.1) is 0 Å². The molecular formula is C16H24O3. The van der Waals surface area contributed by atoms with Gasteiger partial charge in [-0.25, -0.2) is 0 Å². The van der Waals surface area contributed by atoms with Crippen molar-refractivity contribution < 1.29 is 14.3 Å². The van der Waals surface area contributed by atoms with Crippen LogP contribution in [0.5, 0.6) is 5.75 Å². The number of rotatable bonds is 7. The van der Waals surface area contributed by atoms with Crippen LogP contribution in [0.4, 0.5) is 0 Å². The van der Waals surface area contributed by atoms with E-state index in [4.69, 9.17) is 9.47 Å². The molecule has 19 heavy (non-hydrogen) atoms. The van der Waals surface area contributed by atoms with Crippen molar-refractivity contribution in [1.82, 2.24) is 0 Å². The fourth-order valence-corrected chi connectivity index (χ4v) is 2.03. The van der Waals surface area contributed by atoms with Crippen LogP contribution in [-0.2, 0) is 9.53 Å². The molecule has 0 radical (unpaired) electrons. The maximum atomic E-state index is 12.0. The van der Waals surface area contributed by atoms with Crippen LogP contribution >= 0.6 is 0 Å². The van der Waals surface area contributed by atoms with Crippen molar-refractivity contribution in [2.45, 2.75) is 52.6 Å². The number of hydrogen-bond acceptors (Lipinski definition) is 3. The van der Waals surface area contributed by atoms with Crippen LogP contribution in [0.15, 0.2) is 24.3 Å². The summed E-state index contributed by atoms with van der Waals surface area (Å²) in [6.45, 7) is 8.30. The highest BCUT2D eigenvalue weighted by Gasteiger charge is 2.21. The number of carbonyl (C=O) groups excluding carboxylic acids is 1. The minimum atomic E-state index is -0.194. The summed E-state index contributed by atoms with van der Waals surface area (Å²) in [6, 6.07) is 7.74. The van der Waals surface area contributed by atoms with Gasteiger partial charge in [0.05, 0.1) is 18.6 Å². The van der Waals surface area contributed by atoms with E-state index in [1.807, 2.05) is 45.0 Å². The molecule has 1 rings (SSSR count). The number of esters is 1. The molecule has 0 saturated carbocycles. The lowest BCUT2D eigenvalue weighted by Crippen LogP contribution is -2.16. The van der Waals surface area contributed by atoms with Crippen molar-refractivity contribution in [3.05, 3.63) is 29.8 Å². The lowest BCUT2D eigenvalue weighted by atomic mass is 9.94. The monoisotopic (exact) mass is 264 g/mol. The van der Waals surface area contributed by atoms with Crippen molar-refractivity contribution in [1.29, 1.82) is 0 Å². The zero-order chi connectivity index (χ0) is 14.3. The second-order valence-corrected chi connectivity index (χ2v) is 4.83. The summed E-state index contributed by atoms with van der Waals surface area (Å²) in [7, 11) is 0. The Bertz CT molecular complexity index is 399. The molecule has 0 aliphatic rings. The minimum Gasteiger partial charge on any atom is -0.491 e. The molecule has 0 aliphatic carbocycles. The van der Waals surface area contributed by atoms with Crippen LogP contribution in [0.25, 0.3) is 0 Å². The standard InChI is InChI=1S/C16H24O3/c1-5-8-15(16(17)18-6-2)13-9-7-10-14(11-13)19-12(3)4/h7,9-12,15H,5-6,8H2,1-4H3. The first kappa shape index (κ1) is 15.5. The van der Waals surface area contributed by atoms with Gasteiger partial charge in [0, 0.05) is 0 Å². The largest absolute Gasteiger partial charge is 0.491 e. The molecule has 0 bridgehead atoms. The minimum absolute atomic E-state index is 0.127. The predicted octanol–water partition coefficient (Wildman–Crippen LogP) is 3.92. The van der Waals surface area contributed by atoms with E-state index < -0.39 is 0 Å². The van der Waals surface area contributed by atoms with Gasteiger partial charge in [0.15, 0.2) is 0 Å². The molecule has 0 saturated heterocycles. The molecule has 0 aromatic heterocycles. The molecule has 1 atom stereocenters. The Kier molecular flexibility index (Phi) is 6.40. The second kappa shape index (κ2) is 7.82. The summed E-state index contributed by atoms with van der Waals surface area (Å²) >= 11 is 0. The summed E-state index contributed by atoms with van der Waals surface area (Å²) in [5.74, 6) is 0.463. The molecule has 1 aromatic carbocycles. The van der Waals surface area contributed by atoms with Gasteiger partial charge in [-0.05, 0) is 44.9 Å². The van der Waals surface area contributed by atoms with Crippen LogP contribution < -0.4 is 4.74 Å². The topological polar surface area (TPSA) is 35.5 Å². The van der Waals surface area contributed by atoms with Crippen molar-refractivity contribution in [2.75, 3.05) is 6.61 Å². The molecule has 106 valence electrons. The normalized spacial score (nSPS) is 12.3. The van der Waals surface area contributed by atoms with Crippen molar-refractivity contribution in [3.63, 3.8) is 0 Å². The fourth-order valence-electron chi connectivity index (χ4n) is 2.03. The highest BCUT2D eigenvalue weighted by Crippen LogP contribution is 2.26. The van der Waals surface area contributed by atoms with Gasteiger partial charge >= 0.3 is 5.97 Å². The molecule has 0 spiro atoms. The molecule has 0 heterocycles. The third kappa shape index (κ3) is 4.93. The fraction of sp³-hybridized carbons (Fsp3) is 0.562. The zero-order valence-electron chi connectivity index (χ0n) is 12.3. The summed E-state index contributed by atoms with van der Waals surface area (Å²) in [5, 5.41) is 0. The highest BCUT2D eigenvalue weighted by molar-refractivity contribution is 5.78. The van der Waals surface area contributed by atoms with E-state index in [0.717, 1.165) is 24.2 Å². The van der Waals surface area contributed by atoms with E-state index in [1.54, 1.807) is 0 Å². The average Bonchev–Trinajstić information content (AvgIpc) is 2.35. The van der Waals surface area contributed by atoms with Crippen LogP contribution in [0.1, 0.15) is 52.0 Å². The molecule has 3 heteroatoms. The SMILES string of the molecule is CCCC(C(=O)OCC)c1cccc(OC(C)C)c1. The maximum absolute atomic E-state index is 12.0. The van der Waals surface area contributed by atoms with E-state index in [0.29, 0.717) is 6.61 Å². The van der Waals surface area contributed by atoms with Gasteiger partial charge in [-0.2, -0.15) is 0 Å². The maximum Gasteiger partial charge on any atom is 0.313 e. The Morgan fingerprint density at radius 1 is 1.26 bits per heavy atom. The Hall–Kier alpha value is -1.51. The second-order valence-electron chi connectivity index (χ2n) is 4.83. The predicted molar refractivity (Wildman–Crippen MR) is 76.5 cm³/mol. The summed E-state index contributed by atoms with van der Waals surface area (Å²) < 4.78 is 10.8. The number of benzene rings is 1. The molecule has 0 fully saturated rings. The van der Waals surface area contributed by atoms with Crippen molar-refractivity contribution in [2.24, 2.45) is 0 Å². The lowest BCUT2D eigenvalue weighted by Gasteiger charge is -2.17. The van der Waals surface area contributed by atoms with Gasteiger partial charge in [-0.1, -0.05) is 25.5 Å². The summed E-state index contributed by atoms with van der Waals surface area (Å²) in [5.41, 5.74) is 0.971.